The Kier molecular flexibility index (Phi) is 7.77. The average Bonchev–Trinajstić information content (AvgIpc) is 2.76. The zero-order chi connectivity index (χ0) is 22.4. The standard InChI is InChI=1S/C25H33NO5/c1-5-7-8-14-31-25(28)22-16(3)26-18-10-9-11-19(27)24(18)23(22)17-12-13-20(30-6-2)21(15-17)29-4/h12-13,15,23,26H,5-11,14H2,1-4H3. The lowest BCUT2D eigenvalue weighted by atomic mass is 9.75. The fourth-order valence-electron chi connectivity index (χ4n) is 4.32. The molecule has 0 amide bonds. The van der Waals surface area contributed by atoms with Gasteiger partial charge >= 0.3 is 5.97 Å². The van der Waals surface area contributed by atoms with E-state index in [1.54, 1.807) is 7.11 Å². The molecule has 0 saturated carbocycles. The lowest BCUT2D eigenvalue weighted by molar-refractivity contribution is -0.139. The van der Waals surface area contributed by atoms with Crippen LogP contribution in [0.15, 0.2) is 40.7 Å². The normalized spacial score (nSPS) is 18.5. The van der Waals surface area contributed by atoms with E-state index < -0.39 is 5.92 Å². The number of methoxy groups -OCH3 is 1. The first-order chi connectivity index (χ1) is 15.0. The SMILES string of the molecule is CCCCCOC(=O)C1=C(C)NC2=C(C(=O)CCC2)C1c1ccc(OCC)c(OC)c1. The van der Waals surface area contributed by atoms with Crippen LogP contribution in [-0.2, 0) is 14.3 Å². The number of esters is 1. The molecule has 0 spiro atoms. The van der Waals surface area contributed by atoms with Crippen LogP contribution in [0.3, 0.4) is 0 Å². The molecule has 1 atom stereocenters. The van der Waals surface area contributed by atoms with Gasteiger partial charge in [0.05, 0.1) is 25.9 Å². The van der Waals surface area contributed by atoms with E-state index in [0.717, 1.165) is 49.1 Å². The van der Waals surface area contributed by atoms with Crippen LogP contribution in [0, 0.1) is 0 Å². The molecule has 1 heterocycles. The van der Waals surface area contributed by atoms with Crippen molar-refractivity contribution in [1.29, 1.82) is 0 Å². The summed E-state index contributed by atoms with van der Waals surface area (Å²) >= 11 is 0. The number of dihydropyridines is 1. The minimum Gasteiger partial charge on any atom is -0.493 e. The van der Waals surface area contributed by atoms with E-state index in [2.05, 4.69) is 12.2 Å². The first kappa shape index (κ1) is 22.9. The maximum Gasteiger partial charge on any atom is 0.336 e. The summed E-state index contributed by atoms with van der Waals surface area (Å²) in [6.45, 7) is 6.80. The highest BCUT2D eigenvalue weighted by molar-refractivity contribution is 6.03. The largest absolute Gasteiger partial charge is 0.493 e. The van der Waals surface area contributed by atoms with Gasteiger partial charge in [-0.25, -0.2) is 4.79 Å². The molecule has 31 heavy (non-hydrogen) atoms. The molecule has 1 aromatic rings. The third-order valence-electron chi connectivity index (χ3n) is 5.80. The van der Waals surface area contributed by atoms with Crippen LogP contribution in [0.2, 0.25) is 0 Å². The molecule has 0 saturated heterocycles. The number of allylic oxidation sites excluding steroid dienone is 3. The minimum atomic E-state index is -0.479. The molecule has 6 heteroatoms. The van der Waals surface area contributed by atoms with E-state index in [9.17, 15) is 9.59 Å². The van der Waals surface area contributed by atoms with Crippen molar-refractivity contribution in [2.75, 3.05) is 20.3 Å². The number of Topliss-reactive ketones (excluding diaryl/α,β-unsaturated/α-hetero) is 1. The fourth-order valence-corrected chi connectivity index (χ4v) is 4.32. The number of benzene rings is 1. The van der Waals surface area contributed by atoms with E-state index in [0.29, 0.717) is 42.3 Å². The monoisotopic (exact) mass is 427 g/mol. The van der Waals surface area contributed by atoms with Crippen molar-refractivity contribution >= 4 is 11.8 Å². The Balaban J connectivity index is 2.03. The number of unbranched alkanes of at least 4 members (excludes halogenated alkanes) is 2. The van der Waals surface area contributed by atoms with Gasteiger partial charge in [-0.3, -0.25) is 4.79 Å². The number of rotatable bonds is 9. The van der Waals surface area contributed by atoms with Crippen LogP contribution < -0.4 is 14.8 Å². The summed E-state index contributed by atoms with van der Waals surface area (Å²) in [5, 5.41) is 3.32. The second-order valence-corrected chi connectivity index (χ2v) is 7.95. The van der Waals surface area contributed by atoms with Crippen LogP contribution >= 0.6 is 0 Å². The summed E-state index contributed by atoms with van der Waals surface area (Å²) in [6, 6.07) is 5.62. The van der Waals surface area contributed by atoms with Crippen molar-refractivity contribution in [1.82, 2.24) is 5.32 Å². The van der Waals surface area contributed by atoms with Crippen molar-refractivity contribution in [3.05, 3.63) is 46.3 Å². The number of hydrogen-bond acceptors (Lipinski definition) is 6. The molecule has 0 fully saturated rings. The zero-order valence-corrected chi connectivity index (χ0v) is 19.0. The third kappa shape index (κ3) is 4.94. The van der Waals surface area contributed by atoms with Crippen LogP contribution in [0.5, 0.6) is 11.5 Å². The first-order valence-corrected chi connectivity index (χ1v) is 11.2. The van der Waals surface area contributed by atoms with Crippen molar-refractivity contribution < 1.29 is 23.8 Å². The van der Waals surface area contributed by atoms with Gasteiger partial charge in [-0.2, -0.15) is 0 Å². The Hall–Kier alpha value is -2.76. The lowest BCUT2D eigenvalue weighted by Crippen LogP contribution is -2.34. The summed E-state index contributed by atoms with van der Waals surface area (Å²) < 4.78 is 16.8. The van der Waals surface area contributed by atoms with Crippen LogP contribution in [-0.4, -0.2) is 32.1 Å². The number of hydrogen-bond donors (Lipinski definition) is 1. The smallest absolute Gasteiger partial charge is 0.336 e. The Labute approximate surface area is 184 Å². The van der Waals surface area contributed by atoms with Gasteiger partial charge in [-0.15, -0.1) is 0 Å². The summed E-state index contributed by atoms with van der Waals surface area (Å²) in [7, 11) is 1.59. The maximum atomic E-state index is 13.2. The predicted octanol–water partition coefficient (Wildman–Crippen LogP) is 4.80. The summed E-state index contributed by atoms with van der Waals surface area (Å²) in [5.41, 5.74) is 3.64. The van der Waals surface area contributed by atoms with E-state index in [1.165, 1.54) is 0 Å². The summed E-state index contributed by atoms with van der Waals surface area (Å²) in [6.07, 6.45) is 4.99. The summed E-state index contributed by atoms with van der Waals surface area (Å²) in [5.74, 6) is 0.444. The van der Waals surface area contributed by atoms with E-state index in [4.69, 9.17) is 14.2 Å². The van der Waals surface area contributed by atoms with Crippen molar-refractivity contribution in [3.63, 3.8) is 0 Å². The molecule has 1 N–H and O–H groups in total. The van der Waals surface area contributed by atoms with Crippen molar-refractivity contribution in [2.24, 2.45) is 0 Å². The molecule has 1 aliphatic heterocycles. The number of ketones is 1. The van der Waals surface area contributed by atoms with Crippen molar-refractivity contribution in [3.8, 4) is 11.5 Å². The van der Waals surface area contributed by atoms with Gasteiger partial charge in [0.15, 0.2) is 17.3 Å². The second kappa shape index (κ2) is 10.5. The third-order valence-corrected chi connectivity index (χ3v) is 5.80. The average molecular weight is 428 g/mol. The van der Waals surface area contributed by atoms with Gasteiger partial charge in [0.2, 0.25) is 0 Å². The lowest BCUT2D eigenvalue weighted by Gasteiger charge is -2.34. The Morgan fingerprint density at radius 1 is 1.16 bits per heavy atom. The molecule has 1 aromatic carbocycles. The first-order valence-electron chi connectivity index (χ1n) is 11.2. The Morgan fingerprint density at radius 3 is 2.68 bits per heavy atom. The number of carbonyl (C=O) groups excluding carboxylic acids is 2. The van der Waals surface area contributed by atoms with E-state index in [1.807, 2.05) is 32.0 Å². The number of ether oxygens (including phenoxy) is 3. The van der Waals surface area contributed by atoms with Crippen LogP contribution in [0.25, 0.3) is 0 Å². The molecule has 0 bridgehead atoms. The van der Waals surface area contributed by atoms with Gasteiger partial charge < -0.3 is 19.5 Å². The quantitative estimate of drug-likeness (QED) is 0.451. The molecular formula is C25H33NO5. The highest BCUT2D eigenvalue weighted by Gasteiger charge is 2.39. The molecule has 1 unspecified atom stereocenters. The number of carbonyl (C=O) groups is 2. The highest BCUT2D eigenvalue weighted by atomic mass is 16.5. The Morgan fingerprint density at radius 2 is 1.97 bits per heavy atom. The van der Waals surface area contributed by atoms with Gasteiger partial charge in [0.25, 0.3) is 0 Å². The van der Waals surface area contributed by atoms with Gasteiger partial charge in [0.1, 0.15) is 0 Å². The van der Waals surface area contributed by atoms with Crippen LogP contribution in [0.4, 0.5) is 0 Å². The molecule has 168 valence electrons. The topological polar surface area (TPSA) is 73.9 Å². The van der Waals surface area contributed by atoms with Crippen LogP contribution in [0.1, 0.15) is 70.8 Å². The van der Waals surface area contributed by atoms with Gasteiger partial charge in [-0.1, -0.05) is 25.8 Å². The summed E-state index contributed by atoms with van der Waals surface area (Å²) in [4.78, 5) is 26.1. The van der Waals surface area contributed by atoms with Gasteiger partial charge in [-0.05, 0) is 50.8 Å². The molecule has 2 aliphatic rings. The minimum absolute atomic E-state index is 0.0791. The Bertz CT molecular complexity index is 899. The highest BCUT2D eigenvalue weighted by Crippen LogP contribution is 2.44. The van der Waals surface area contributed by atoms with E-state index >= 15 is 0 Å². The van der Waals surface area contributed by atoms with E-state index in [-0.39, 0.29) is 11.8 Å². The molecule has 0 aromatic heterocycles. The fraction of sp³-hybridized carbons (Fsp3) is 0.520. The molecule has 1 aliphatic carbocycles. The second-order valence-electron chi connectivity index (χ2n) is 7.95. The molecule has 3 rings (SSSR count). The molecule has 6 nitrogen and oxygen atoms in total. The molecule has 0 radical (unpaired) electrons. The van der Waals surface area contributed by atoms with Gasteiger partial charge in [0, 0.05) is 29.3 Å². The van der Waals surface area contributed by atoms with Crippen molar-refractivity contribution in [2.45, 2.75) is 65.2 Å². The zero-order valence-electron chi connectivity index (χ0n) is 19.0. The number of nitrogens with one attached hydrogen (secondary N) is 1. The predicted molar refractivity (Wildman–Crippen MR) is 119 cm³/mol. The molecular weight excluding hydrogens is 394 g/mol. The maximum absolute atomic E-state index is 13.2.